The normalized spacial score (nSPS) is 13.7. The van der Waals surface area contributed by atoms with Crippen LogP contribution in [-0.2, 0) is 6.54 Å². The van der Waals surface area contributed by atoms with Crippen LogP contribution in [0, 0.1) is 6.92 Å². The number of nitrogens with one attached hydrogen (secondary N) is 1. The third-order valence-electron chi connectivity index (χ3n) is 2.96. The van der Waals surface area contributed by atoms with E-state index in [1.165, 1.54) is 0 Å². The molecule has 1 amide bonds. The number of furan rings is 1. The fraction of sp³-hybridized carbons (Fsp3) is 0.154. The summed E-state index contributed by atoms with van der Waals surface area (Å²) in [5.74, 6) is 0.827. The van der Waals surface area contributed by atoms with Gasteiger partial charge in [0, 0.05) is 17.7 Å². The number of carbonyl (C=O) groups is 1. The van der Waals surface area contributed by atoms with Crippen molar-refractivity contribution in [2.75, 3.05) is 0 Å². The summed E-state index contributed by atoms with van der Waals surface area (Å²) in [6, 6.07) is 7.62. The molecule has 1 N–H and O–H groups in total. The van der Waals surface area contributed by atoms with Crippen LogP contribution in [0.3, 0.4) is 0 Å². The Morgan fingerprint density at radius 1 is 1.31 bits per heavy atom. The topological polar surface area (TPSA) is 42.2 Å². The highest BCUT2D eigenvalue weighted by molar-refractivity contribution is 6.00. The van der Waals surface area contributed by atoms with Crippen molar-refractivity contribution in [3.05, 3.63) is 47.2 Å². The molecule has 0 aliphatic carbocycles. The van der Waals surface area contributed by atoms with E-state index < -0.39 is 0 Å². The van der Waals surface area contributed by atoms with Crippen molar-refractivity contribution in [3.63, 3.8) is 0 Å². The number of hydrogen-bond acceptors (Lipinski definition) is 2. The molecule has 3 heteroatoms. The van der Waals surface area contributed by atoms with E-state index in [4.69, 9.17) is 4.42 Å². The van der Waals surface area contributed by atoms with E-state index in [1.54, 1.807) is 6.26 Å². The molecule has 0 radical (unpaired) electrons. The minimum Gasteiger partial charge on any atom is -0.464 e. The van der Waals surface area contributed by atoms with Gasteiger partial charge in [0.2, 0.25) is 0 Å². The molecule has 0 saturated heterocycles. The summed E-state index contributed by atoms with van der Waals surface area (Å²) in [5.41, 5.74) is 3.98. The summed E-state index contributed by atoms with van der Waals surface area (Å²) in [5, 5.41) is 2.83. The van der Waals surface area contributed by atoms with E-state index in [9.17, 15) is 4.79 Å². The van der Waals surface area contributed by atoms with E-state index in [2.05, 4.69) is 5.32 Å². The van der Waals surface area contributed by atoms with Gasteiger partial charge in [0.1, 0.15) is 5.76 Å². The zero-order chi connectivity index (χ0) is 11.1. The fourth-order valence-electron chi connectivity index (χ4n) is 2.19. The first-order chi connectivity index (χ1) is 7.77. The lowest BCUT2D eigenvalue weighted by Gasteiger charge is -2.07. The second kappa shape index (κ2) is 3.23. The van der Waals surface area contributed by atoms with Crippen LogP contribution in [0.15, 0.2) is 34.9 Å². The van der Waals surface area contributed by atoms with Crippen molar-refractivity contribution in [1.82, 2.24) is 5.32 Å². The van der Waals surface area contributed by atoms with Gasteiger partial charge in [-0.3, -0.25) is 4.79 Å². The molecule has 0 atom stereocenters. The van der Waals surface area contributed by atoms with Gasteiger partial charge in [-0.1, -0.05) is 6.07 Å². The number of fused-ring (bicyclic) bond motifs is 1. The van der Waals surface area contributed by atoms with Gasteiger partial charge < -0.3 is 9.73 Å². The second-order valence-corrected chi connectivity index (χ2v) is 3.94. The Hall–Kier alpha value is -2.03. The Balaban J connectivity index is 2.29. The molecule has 1 aliphatic rings. The third-order valence-corrected chi connectivity index (χ3v) is 2.96. The highest BCUT2D eigenvalue weighted by atomic mass is 16.3. The molecule has 1 aromatic carbocycles. The van der Waals surface area contributed by atoms with Crippen molar-refractivity contribution in [2.24, 2.45) is 0 Å². The number of amides is 1. The average Bonchev–Trinajstić information content (AvgIpc) is 2.89. The van der Waals surface area contributed by atoms with E-state index in [-0.39, 0.29) is 5.91 Å². The largest absolute Gasteiger partial charge is 0.464 e. The van der Waals surface area contributed by atoms with Crippen LogP contribution in [0.5, 0.6) is 0 Å². The molecule has 1 aromatic heterocycles. The lowest BCUT2D eigenvalue weighted by molar-refractivity contribution is 0.0966. The third kappa shape index (κ3) is 1.18. The van der Waals surface area contributed by atoms with Gasteiger partial charge in [-0.15, -0.1) is 0 Å². The Labute approximate surface area is 93.1 Å². The molecule has 2 heterocycles. The van der Waals surface area contributed by atoms with Crippen LogP contribution >= 0.6 is 0 Å². The first-order valence-electron chi connectivity index (χ1n) is 5.22. The summed E-state index contributed by atoms with van der Waals surface area (Å²) < 4.78 is 5.42. The molecule has 0 bridgehead atoms. The summed E-state index contributed by atoms with van der Waals surface area (Å²) >= 11 is 0. The number of aryl methyl sites for hydroxylation is 1. The maximum absolute atomic E-state index is 11.6. The highest BCUT2D eigenvalue weighted by Crippen LogP contribution is 2.32. The Kier molecular flexibility index (Phi) is 1.86. The minimum atomic E-state index is 0.00260. The van der Waals surface area contributed by atoms with Crippen LogP contribution < -0.4 is 5.32 Å². The average molecular weight is 213 g/mol. The summed E-state index contributed by atoms with van der Waals surface area (Å²) in [6.07, 6.45) is 1.65. The van der Waals surface area contributed by atoms with Gasteiger partial charge in [0.25, 0.3) is 5.91 Å². The fourth-order valence-corrected chi connectivity index (χ4v) is 2.19. The first kappa shape index (κ1) is 9.21. The molecule has 80 valence electrons. The molecular formula is C13H11NO2. The SMILES string of the molecule is Cc1ccc2c(c1-c1ccco1)CNC2=O. The van der Waals surface area contributed by atoms with Gasteiger partial charge in [-0.05, 0) is 36.2 Å². The second-order valence-electron chi connectivity index (χ2n) is 3.94. The number of rotatable bonds is 1. The molecule has 0 spiro atoms. The maximum atomic E-state index is 11.6. The first-order valence-corrected chi connectivity index (χ1v) is 5.22. The number of carbonyl (C=O) groups excluding carboxylic acids is 1. The Morgan fingerprint density at radius 2 is 2.19 bits per heavy atom. The van der Waals surface area contributed by atoms with Gasteiger partial charge >= 0.3 is 0 Å². The molecule has 1 aliphatic heterocycles. The molecule has 0 saturated carbocycles. The van der Waals surface area contributed by atoms with Crippen molar-refractivity contribution >= 4 is 5.91 Å². The van der Waals surface area contributed by atoms with E-state index in [0.29, 0.717) is 6.54 Å². The predicted octanol–water partition coefficient (Wildman–Crippen LogP) is 2.50. The van der Waals surface area contributed by atoms with Crippen LogP contribution in [0.25, 0.3) is 11.3 Å². The maximum Gasteiger partial charge on any atom is 0.251 e. The van der Waals surface area contributed by atoms with Gasteiger partial charge in [0.05, 0.1) is 6.26 Å². The van der Waals surface area contributed by atoms with Crippen molar-refractivity contribution in [2.45, 2.75) is 13.5 Å². The lowest BCUT2D eigenvalue weighted by atomic mass is 9.96. The van der Waals surface area contributed by atoms with Crippen molar-refractivity contribution < 1.29 is 9.21 Å². The minimum absolute atomic E-state index is 0.00260. The van der Waals surface area contributed by atoms with Gasteiger partial charge in [0.15, 0.2) is 0 Å². The van der Waals surface area contributed by atoms with Crippen LogP contribution in [0.2, 0.25) is 0 Å². The van der Waals surface area contributed by atoms with Crippen LogP contribution in [0.4, 0.5) is 0 Å². The van der Waals surface area contributed by atoms with Gasteiger partial charge in [-0.2, -0.15) is 0 Å². The summed E-state index contributed by atoms with van der Waals surface area (Å²) in [4.78, 5) is 11.6. The smallest absolute Gasteiger partial charge is 0.251 e. The molecule has 3 nitrogen and oxygen atoms in total. The van der Waals surface area contributed by atoms with Crippen molar-refractivity contribution in [3.8, 4) is 11.3 Å². The molecular weight excluding hydrogens is 202 g/mol. The zero-order valence-corrected chi connectivity index (χ0v) is 8.91. The van der Waals surface area contributed by atoms with Crippen LogP contribution in [-0.4, -0.2) is 5.91 Å². The lowest BCUT2D eigenvalue weighted by Crippen LogP contribution is -2.12. The monoisotopic (exact) mass is 213 g/mol. The molecule has 0 unspecified atom stereocenters. The molecule has 3 rings (SSSR count). The molecule has 0 fully saturated rings. The number of benzene rings is 1. The van der Waals surface area contributed by atoms with E-state index >= 15 is 0 Å². The number of hydrogen-bond donors (Lipinski definition) is 1. The van der Waals surface area contributed by atoms with E-state index in [0.717, 1.165) is 28.0 Å². The van der Waals surface area contributed by atoms with Gasteiger partial charge in [-0.25, -0.2) is 0 Å². The summed E-state index contributed by atoms with van der Waals surface area (Å²) in [7, 11) is 0. The highest BCUT2D eigenvalue weighted by Gasteiger charge is 2.24. The zero-order valence-electron chi connectivity index (χ0n) is 8.91. The molecule has 2 aromatic rings. The Morgan fingerprint density at radius 3 is 2.94 bits per heavy atom. The molecule has 16 heavy (non-hydrogen) atoms. The Bertz CT molecular complexity index is 556. The van der Waals surface area contributed by atoms with Crippen LogP contribution in [0.1, 0.15) is 21.5 Å². The summed E-state index contributed by atoms with van der Waals surface area (Å²) in [6.45, 7) is 2.62. The van der Waals surface area contributed by atoms with Crippen molar-refractivity contribution in [1.29, 1.82) is 0 Å². The predicted molar refractivity (Wildman–Crippen MR) is 60.1 cm³/mol. The quantitative estimate of drug-likeness (QED) is 0.790. The standard InChI is InChI=1S/C13H11NO2/c1-8-4-5-9-10(7-14-13(9)15)12(8)11-3-2-6-16-11/h2-6H,7H2,1H3,(H,14,15). The van der Waals surface area contributed by atoms with E-state index in [1.807, 2.05) is 31.2 Å².